The van der Waals surface area contributed by atoms with Gasteiger partial charge in [0.1, 0.15) is 0 Å². The van der Waals surface area contributed by atoms with Crippen LogP contribution < -0.4 is 0 Å². The molecule has 0 heterocycles. The first-order valence-corrected chi connectivity index (χ1v) is 9.12. The predicted octanol–water partition coefficient (Wildman–Crippen LogP) is 2.79. The van der Waals surface area contributed by atoms with Gasteiger partial charge >= 0.3 is 7.82 Å². The molecule has 0 rings (SSSR count). The summed E-state index contributed by atoms with van der Waals surface area (Å²) in [6.45, 7) is 4.09. The number of hydrogen-bond donors (Lipinski definition) is 2. The molecule has 1 amide bonds. The Morgan fingerprint density at radius 1 is 1.09 bits per heavy atom. The molecule has 7 nitrogen and oxygen atoms in total. The first kappa shape index (κ1) is 21.3. The Morgan fingerprint density at radius 3 is 2.05 bits per heavy atom. The summed E-state index contributed by atoms with van der Waals surface area (Å²) in [6.07, 6.45) is 9.07. The number of phosphoric ester groups is 1. The van der Waals surface area contributed by atoms with Gasteiger partial charge in [0.25, 0.3) is 5.91 Å². The van der Waals surface area contributed by atoms with Gasteiger partial charge in [-0.1, -0.05) is 45.1 Å². The largest absolute Gasteiger partial charge is 0.469 e. The van der Waals surface area contributed by atoms with E-state index in [-0.39, 0.29) is 12.5 Å². The van der Waals surface area contributed by atoms with Gasteiger partial charge in [0.15, 0.2) is 0 Å². The lowest BCUT2D eigenvalue weighted by Crippen LogP contribution is -2.29. The highest BCUT2D eigenvalue weighted by Gasteiger charge is 2.12. The van der Waals surface area contributed by atoms with Crippen molar-refractivity contribution in [3.8, 4) is 0 Å². The zero-order valence-electron chi connectivity index (χ0n) is 13.3. The van der Waals surface area contributed by atoms with Crippen molar-refractivity contribution in [2.75, 3.05) is 20.3 Å². The molecule has 0 saturated carbocycles. The van der Waals surface area contributed by atoms with Crippen LogP contribution in [0.4, 0.5) is 0 Å². The Labute approximate surface area is 132 Å². The molecule has 0 spiro atoms. The van der Waals surface area contributed by atoms with Crippen LogP contribution in [-0.2, 0) is 18.7 Å². The highest BCUT2D eigenvalue weighted by atomic mass is 31.2. The summed E-state index contributed by atoms with van der Waals surface area (Å²) >= 11 is 0. The molecule has 0 saturated heterocycles. The fraction of sp³-hybridized carbons (Fsp3) is 0.786. The second kappa shape index (κ2) is 12.8. The lowest BCUT2D eigenvalue weighted by atomic mass is 10.1. The smallest absolute Gasteiger partial charge is 0.303 e. The van der Waals surface area contributed by atoms with Crippen LogP contribution in [0.15, 0.2) is 12.7 Å². The van der Waals surface area contributed by atoms with E-state index in [0.717, 1.165) is 44.9 Å². The van der Waals surface area contributed by atoms with Crippen molar-refractivity contribution < 1.29 is 28.5 Å². The first-order chi connectivity index (χ1) is 10.4. The molecule has 22 heavy (non-hydrogen) atoms. The van der Waals surface area contributed by atoms with E-state index >= 15 is 0 Å². The third-order valence-corrected chi connectivity index (χ3v) is 3.67. The van der Waals surface area contributed by atoms with Crippen molar-refractivity contribution in [3.63, 3.8) is 0 Å². The van der Waals surface area contributed by atoms with Crippen molar-refractivity contribution >= 4 is 13.7 Å². The molecule has 0 bridgehead atoms. The predicted molar refractivity (Wildman–Crippen MR) is 83.9 cm³/mol. The summed E-state index contributed by atoms with van der Waals surface area (Å²) in [4.78, 5) is 33.3. The fourth-order valence-electron chi connectivity index (χ4n) is 1.99. The summed E-state index contributed by atoms with van der Waals surface area (Å²) in [5.74, 6) is -0.222. The third-order valence-electron chi connectivity index (χ3n) is 3.16. The van der Waals surface area contributed by atoms with E-state index in [9.17, 15) is 9.36 Å². The van der Waals surface area contributed by atoms with Gasteiger partial charge in [-0.2, -0.15) is 0 Å². The number of hydroxylamine groups is 2. The summed E-state index contributed by atoms with van der Waals surface area (Å²) in [5, 5.41) is 1.30. The monoisotopic (exact) mass is 337 g/mol. The average Bonchev–Trinajstić information content (AvgIpc) is 2.46. The molecule has 2 N–H and O–H groups in total. The van der Waals surface area contributed by atoms with Crippen molar-refractivity contribution in [2.45, 2.75) is 51.4 Å². The van der Waals surface area contributed by atoms with Crippen LogP contribution in [-0.4, -0.2) is 41.0 Å². The second-order valence-corrected chi connectivity index (χ2v) is 6.22. The number of unbranched alkanes of at least 4 members (excludes halogenated alkanes) is 7. The van der Waals surface area contributed by atoms with E-state index in [1.807, 2.05) is 0 Å². The zero-order chi connectivity index (χ0) is 16.8. The number of phosphoric acid groups is 1. The van der Waals surface area contributed by atoms with Crippen LogP contribution in [0.2, 0.25) is 0 Å². The van der Waals surface area contributed by atoms with Crippen molar-refractivity contribution in [1.29, 1.82) is 0 Å². The van der Waals surface area contributed by atoms with Gasteiger partial charge in [-0.05, 0) is 18.9 Å². The molecule has 0 atom stereocenters. The molecule has 8 heteroatoms. The molecule has 0 radical (unpaired) electrons. The minimum absolute atomic E-state index is 0.106. The lowest BCUT2D eigenvalue weighted by Gasteiger charge is -2.17. The van der Waals surface area contributed by atoms with E-state index in [4.69, 9.17) is 14.6 Å². The van der Waals surface area contributed by atoms with Gasteiger partial charge in [-0.3, -0.25) is 14.2 Å². The molecule has 0 aliphatic rings. The number of rotatable bonds is 14. The molecule has 0 unspecified atom stereocenters. The SMILES string of the molecule is C=CC(=O)N(CCCCCCCCCCOP(=O)(O)O)OC. The topological polar surface area (TPSA) is 96.3 Å². The standard InChI is InChI=1S/C14H28NO6P/c1-3-14(16)15(20-2)12-10-8-6-4-5-7-9-11-13-21-22(17,18)19/h3H,1,4-13H2,2H3,(H2,17,18,19). The number of amides is 1. The molecule has 0 fully saturated rings. The van der Waals surface area contributed by atoms with Crippen LogP contribution in [0.5, 0.6) is 0 Å². The van der Waals surface area contributed by atoms with E-state index in [0.29, 0.717) is 13.0 Å². The van der Waals surface area contributed by atoms with Crippen LogP contribution in [0.1, 0.15) is 51.4 Å². The van der Waals surface area contributed by atoms with E-state index in [1.54, 1.807) is 0 Å². The van der Waals surface area contributed by atoms with Gasteiger partial charge in [-0.15, -0.1) is 0 Å². The minimum atomic E-state index is -4.30. The second-order valence-electron chi connectivity index (χ2n) is 4.98. The summed E-state index contributed by atoms with van der Waals surface area (Å²) in [5.41, 5.74) is 0. The lowest BCUT2D eigenvalue weighted by molar-refractivity contribution is -0.170. The van der Waals surface area contributed by atoms with E-state index in [2.05, 4.69) is 11.1 Å². The number of carbonyl (C=O) groups excluding carboxylic acids is 1. The normalized spacial score (nSPS) is 11.4. The van der Waals surface area contributed by atoms with Crippen molar-refractivity contribution in [1.82, 2.24) is 5.06 Å². The van der Waals surface area contributed by atoms with Gasteiger partial charge in [0.05, 0.1) is 13.7 Å². The van der Waals surface area contributed by atoms with E-state index < -0.39 is 7.82 Å². The molecule has 0 aliphatic heterocycles. The number of carbonyl (C=O) groups is 1. The Bertz CT molecular complexity index is 357. The van der Waals surface area contributed by atoms with Crippen LogP contribution >= 0.6 is 7.82 Å². The van der Waals surface area contributed by atoms with Gasteiger partial charge in [0, 0.05) is 6.54 Å². The van der Waals surface area contributed by atoms with Crippen LogP contribution in [0.3, 0.4) is 0 Å². The van der Waals surface area contributed by atoms with Gasteiger partial charge < -0.3 is 9.79 Å². The van der Waals surface area contributed by atoms with Crippen molar-refractivity contribution in [2.24, 2.45) is 0 Å². The van der Waals surface area contributed by atoms with Gasteiger partial charge in [-0.25, -0.2) is 9.63 Å². The van der Waals surface area contributed by atoms with E-state index in [1.165, 1.54) is 18.2 Å². The Hall–Kier alpha value is -0.720. The molecule has 0 aliphatic carbocycles. The zero-order valence-corrected chi connectivity index (χ0v) is 14.2. The molecule has 0 aromatic rings. The molecule has 130 valence electrons. The highest BCUT2D eigenvalue weighted by Crippen LogP contribution is 2.35. The molecular weight excluding hydrogens is 309 g/mol. The van der Waals surface area contributed by atoms with Crippen LogP contribution in [0, 0.1) is 0 Å². The minimum Gasteiger partial charge on any atom is -0.303 e. The number of nitrogens with zero attached hydrogens (tertiary/aromatic N) is 1. The maximum atomic E-state index is 11.3. The molecule has 0 aromatic heterocycles. The maximum Gasteiger partial charge on any atom is 0.469 e. The van der Waals surface area contributed by atoms with Gasteiger partial charge in [0.2, 0.25) is 0 Å². The first-order valence-electron chi connectivity index (χ1n) is 7.59. The summed E-state index contributed by atoms with van der Waals surface area (Å²) < 4.78 is 14.8. The number of hydrogen-bond acceptors (Lipinski definition) is 4. The molecular formula is C14H28NO6P. The summed E-state index contributed by atoms with van der Waals surface area (Å²) in [7, 11) is -2.83. The average molecular weight is 337 g/mol. The van der Waals surface area contributed by atoms with Crippen LogP contribution in [0.25, 0.3) is 0 Å². The Kier molecular flexibility index (Phi) is 12.4. The summed E-state index contributed by atoms with van der Waals surface area (Å²) in [6, 6.07) is 0. The highest BCUT2D eigenvalue weighted by molar-refractivity contribution is 7.46. The third kappa shape index (κ3) is 13.0. The Balaban J connectivity index is 3.35. The Morgan fingerprint density at radius 2 is 1.59 bits per heavy atom. The molecule has 0 aromatic carbocycles. The maximum absolute atomic E-state index is 11.3. The quantitative estimate of drug-likeness (QED) is 0.219. The van der Waals surface area contributed by atoms with Crippen molar-refractivity contribution in [3.05, 3.63) is 12.7 Å². The fourth-order valence-corrected chi connectivity index (χ4v) is 2.36.